The predicted octanol–water partition coefficient (Wildman–Crippen LogP) is 3.21. The number of aliphatic hydroxyl groups is 1. The summed E-state index contributed by atoms with van der Waals surface area (Å²) in [6, 6.07) is 9.32. The lowest BCUT2D eigenvalue weighted by atomic mass is 9.84. The van der Waals surface area contributed by atoms with Crippen LogP contribution in [0.2, 0.25) is 0 Å². The molecule has 2 nitrogen and oxygen atoms in total. The van der Waals surface area contributed by atoms with Crippen molar-refractivity contribution < 1.29 is 5.11 Å². The fraction of sp³-hybridized carbons (Fsp3) is 0.647. The van der Waals surface area contributed by atoms with Crippen LogP contribution in [0.4, 0.5) is 0 Å². The Labute approximate surface area is 116 Å². The van der Waals surface area contributed by atoms with Crippen molar-refractivity contribution in [2.75, 3.05) is 13.2 Å². The second-order valence-corrected chi connectivity index (χ2v) is 6.39. The Morgan fingerprint density at radius 3 is 2.74 bits per heavy atom. The van der Waals surface area contributed by atoms with Crippen LogP contribution in [-0.4, -0.2) is 18.3 Å². The number of hydrogen-bond donors (Lipinski definition) is 2. The zero-order valence-electron chi connectivity index (χ0n) is 11.7. The maximum atomic E-state index is 9.70. The normalized spacial score (nSPS) is 25.2. The molecular weight excluding hydrogens is 234 g/mol. The van der Waals surface area contributed by atoms with Crippen LogP contribution in [0, 0.1) is 5.41 Å². The van der Waals surface area contributed by atoms with Crippen molar-refractivity contribution in [1.29, 1.82) is 0 Å². The molecule has 1 aromatic carbocycles. The number of aryl methyl sites for hydroxylation is 1. The van der Waals surface area contributed by atoms with Crippen molar-refractivity contribution >= 4 is 0 Å². The molecule has 0 aliphatic heterocycles. The van der Waals surface area contributed by atoms with Gasteiger partial charge in [-0.15, -0.1) is 0 Å². The molecule has 0 amide bonds. The molecule has 0 saturated heterocycles. The third kappa shape index (κ3) is 2.70. The highest BCUT2D eigenvalue weighted by atomic mass is 16.3. The summed E-state index contributed by atoms with van der Waals surface area (Å²) in [5.41, 5.74) is 3.16. The van der Waals surface area contributed by atoms with E-state index in [1.807, 2.05) is 0 Å². The molecule has 2 heteroatoms. The van der Waals surface area contributed by atoms with E-state index in [9.17, 15) is 5.11 Å². The van der Waals surface area contributed by atoms with Gasteiger partial charge in [0.05, 0.1) is 0 Å². The molecule has 0 aromatic heterocycles. The first-order valence-corrected chi connectivity index (χ1v) is 7.75. The average molecular weight is 259 g/mol. The van der Waals surface area contributed by atoms with Crippen LogP contribution in [0.1, 0.15) is 55.7 Å². The van der Waals surface area contributed by atoms with Gasteiger partial charge >= 0.3 is 0 Å². The van der Waals surface area contributed by atoms with Crippen LogP contribution < -0.4 is 5.32 Å². The van der Waals surface area contributed by atoms with Gasteiger partial charge in [0.15, 0.2) is 0 Å². The van der Waals surface area contributed by atoms with E-state index in [-0.39, 0.29) is 5.41 Å². The van der Waals surface area contributed by atoms with Gasteiger partial charge in [-0.25, -0.2) is 0 Å². The summed E-state index contributed by atoms with van der Waals surface area (Å²) in [4.78, 5) is 0. The van der Waals surface area contributed by atoms with Crippen molar-refractivity contribution in [3.05, 3.63) is 35.4 Å². The van der Waals surface area contributed by atoms with E-state index in [0.717, 1.165) is 6.54 Å². The third-order valence-electron chi connectivity index (χ3n) is 5.09. The van der Waals surface area contributed by atoms with Crippen molar-refractivity contribution in [2.24, 2.45) is 5.41 Å². The molecule has 1 fully saturated rings. The molecule has 0 spiro atoms. The standard InChI is InChI=1S/C17H25NO/c19-13-17(10-3-4-11-17)12-18-16-9-5-7-14-6-1-2-8-15(14)16/h1-2,6,8,16,18-19H,3-5,7,9-13H2. The van der Waals surface area contributed by atoms with Gasteiger partial charge in [-0.3, -0.25) is 0 Å². The maximum absolute atomic E-state index is 9.70. The maximum Gasteiger partial charge on any atom is 0.0499 e. The summed E-state index contributed by atoms with van der Waals surface area (Å²) in [7, 11) is 0. The van der Waals surface area contributed by atoms with Crippen LogP contribution in [0.3, 0.4) is 0 Å². The first-order valence-electron chi connectivity index (χ1n) is 7.75. The van der Waals surface area contributed by atoms with Gasteiger partial charge in [-0.1, -0.05) is 37.1 Å². The molecule has 2 aliphatic rings. The molecule has 0 bridgehead atoms. The van der Waals surface area contributed by atoms with E-state index in [1.165, 1.54) is 56.1 Å². The Morgan fingerprint density at radius 1 is 1.16 bits per heavy atom. The average Bonchev–Trinajstić information content (AvgIpc) is 2.94. The summed E-state index contributed by atoms with van der Waals surface area (Å²) in [6.07, 6.45) is 8.67. The molecular formula is C17H25NO. The highest BCUT2D eigenvalue weighted by Crippen LogP contribution is 2.38. The first kappa shape index (κ1) is 13.1. The number of fused-ring (bicyclic) bond motifs is 1. The number of aliphatic hydroxyl groups excluding tert-OH is 1. The van der Waals surface area contributed by atoms with E-state index in [1.54, 1.807) is 0 Å². The molecule has 1 aromatic rings. The fourth-order valence-electron chi connectivity index (χ4n) is 3.82. The largest absolute Gasteiger partial charge is 0.396 e. The lowest BCUT2D eigenvalue weighted by molar-refractivity contribution is 0.123. The zero-order chi connectivity index (χ0) is 13.1. The molecule has 0 radical (unpaired) electrons. The molecule has 0 heterocycles. The second-order valence-electron chi connectivity index (χ2n) is 6.39. The quantitative estimate of drug-likeness (QED) is 0.870. The Balaban J connectivity index is 1.68. The van der Waals surface area contributed by atoms with Gasteiger partial charge in [0, 0.05) is 24.6 Å². The van der Waals surface area contributed by atoms with Crippen molar-refractivity contribution in [3.8, 4) is 0 Å². The second kappa shape index (κ2) is 5.64. The highest BCUT2D eigenvalue weighted by molar-refractivity contribution is 5.32. The summed E-state index contributed by atoms with van der Waals surface area (Å²) in [5, 5.41) is 13.5. The van der Waals surface area contributed by atoms with Gasteiger partial charge in [0.2, 0.25) is 0 Å². The van der Waals surface area contributed by atoms with E-state index >= 15 is 0 Å². The third-order valence-corrected chi connectivity index (χ3v) is 5.09. The van der Waals surface area contributed by atoms with Crippen molar-refractivity contribution in [3.63, 3.8) is 0 Å². The Morgan fingerprint density at radius 2 is 1.95 bits per heavy atom. The Hall–Kier alpha value is -0.860. The van der Waals surface area contributed by atoms with Gasteiger partial charge in [-0.2, -0.15) is 0 Å². The monoisotopic (exact) mass is 259 g/mol. The number of benzene rings is 1. The van der Waals surface area contributed by atoms with Gasteiger partial charge in [0.25, 0.3) is 0 Å². The smallest absolute Gasteiger partial charge is 0.0499 e. The molecule has 2 aliphatic carbocycles. The molecule has 3 rings (SSSR count). The van der Waals surface area contributed by atoms with E-state index in [0.29, 0.717) is 12.6 Å². The minimum Gasteiger partial charge on any atom is -0.396 e. The van der Waals surface area contributed by atoms with E-state index in [4.69, 9.17) is 0 Å². The number of rotatable bonds is 4. The number of nitrogens with one attached hydrogen (secondary N) is 1. The molecule has 1 unspecified atom stereocenters. The minimum atomic E-state index is 0.159. The van der Waals surface area contributed by atoms with Crippen LogP contribution in [0.25, 0.3) is 0 Å². The van der Waals surface area contributed by atoms with E-state index < -0.39 is 0 Å². The molecule has 1 saturated carbocycles. The fourth-order valence-corrected chi connectivity index (χ4v) is 3.82. The van der Waals surface area contributed by atoms with Gasteiger partial charge < -0.3 is 10.4 Å². The summed E-state index contributed by atoms with van der Waals surface area (Å²) in [5.74, 6) is 0. The highest BCUT2D eigenvalue weighted by Gasteiger charge is 2.34. The minimum absolute atomic E-state index is 0.159. The SMILES string of the molecule is OCC1(CNC2CCCc3ccccc32)CCCC1. The summed E-state index contributed by atoms with van der Waals surface area (Å²) in [6.45, 7) is 1.32. The predicted molar refractivity (Wildman–Crippen MR) is 78.1 cm³/mol. The van der Waals surface area contributed by atoms with Crippen molar-refractivity contribution in [2.45, 2.75) is 51.0 Å². The zero-order valence-corrected chi connectivity index (χ0v) is 11.7. The van der Waals surface area contributed by atoms with Crippen LogP contribution >= 0.6 is 0 Å². The van der Waals surface area contributed by atoms with Crippen molar-refractivity contribution in [1.82, 2.24) is 5.32 Å². The molecule has 2 N–H and O–H groups in total. The molecule has 1 atom stereocenters. The lowest BCUT2D eigenvalue weighted by Gasteiger charge is -2.32. The summed E-state index contributed by atoms with van der Waals surface area (Å²) < 4.78 is 0. The number of hydrogen-bond acceptors (Lipinski definition) is 2. The topological polar surface area (TPSA) is 32.3 Å². The first-order chi connectivity index (χ1) is 9.33. The molecule has 104 valence electrons. The van der Waals surface area contributed by atoms with E-state index in [2.05, 4.69) is 29.6 Å². The van der Waals surface area contributed by atoms with Crippen LogP contribution in [-0.2, 0) is 6.42 Å². The molecule has 19 heavy (non-hydrogen) atoms. The van der Waals surface area contributed by atoms with Gasteiger partial charge in [0.1, 0.15) is 0 Å². The van der Waals surface area contributed by atoms with Gasteiger partial charge in [-0.05, 0) is 43.2 Å². The lowest BCUT2D eigenvalue weighted by Crippen LogP contribution is -2.38. The van der Waals surface area contributed by atoms with Crippen LogP contribution in [0.5, 0.6) is 0 Å². The Bertz CT molecular complexity index is 423. The van der Waals surface area contributed by atoms with Crippen LogP contribution in [0.15, 0.2) is 24.3 Å². The Kier molecular flexibility index (Phi) is 3.90. The summed E-state index contributed by atoms with van der Waals surface area (Å²) >= 11 is 0.